The largest absolute Gasteiger partial charge is 0.493 e. The molecule has 0 bridgehead atoms. The van der Waals surface area contributed by atoms with Gasteiger partial charge in [-0.1, -0.05) is 0 Å². The Morgan fingerprint density at radius 3 is 2.16 bits per heavy atom. The lowest BCUT2D eigenvalue weighted by atomic mass is 10.2. The van der Waals surface area contributed by atoms with Crippen molar-refractivity contribution in [2.24, 2.45) is 0 Å². The average molecular weight is 379 g/mol. The number of sulfonamides is 1. The molecule has 0 aromatic heterocycles. The van der Waals surface area contributed by atoms with Crippen LogP contribution in [-0.4, -0.2) is 22.6 Å². The highest BCUT2D eigenvalue weighted by Gasteiger charge is 2.32. The molecule has 2 aromatic rings. The van der Waals surface area contributed by atoms with E-state index < -0.39 is 33.3 Å². The first-order valence-corrected chi connectivity index (χ1v) is 8.18. The zero-order chi connectivity index (χ0) is 18.8. The third-order valence-corrected chi connectivity index (χ3v) is 4.52. The first-order valence-electron chi connectivity index (χ1n) is 6.69. The Morgan fingerprint density at radius 2 is 1.60 bits per heavy atom. The fourth-order valence-corrected chi connectivity index (χ4v) is 3.07. The van der Waals surface area contributed by atoms with E-state index in [1.807, 2.05) is 4.72 Å². The molecule has 2 rings (SSSR count). The van der Waals surface area contributed by atoms with Gasteiger partial charge in [-0.25, -0.2) is 12.8 Å². The molecule has 0 heterocycles. The van der Waals surface area contributed by atoms with E-state index in [9.17, 15) is 26.0 Å². The number of benzene rings is 2. The molecular weight excluding hydrogens is 366 g/mol. The molecule has 0 atom stereocenters. The summed E-state index contributed by atoms with van der Waals surface area (Å²) in [6, 6.07) is 5.04. The van der Waals surface area contributed by atoms with Gasteiger partial charge >= 0.3 is 6.18 Å². The number of nitrogens with one attached hydrogen (secondary N) is 1. The number of methoxy groups -OCH3 is 2. The quantitative estimate of drug-likeness (QED) is 0.806. The molecule has 0 saturated carbocycles. The van der Waals surface area contributed by atoms with Crippen molar-refractivity contribution in [2.45, 2.75) is 11.1 Å². The van der Waals surface area contributed by atoms with Crippen LogP contribution in [0.1, 0.15) is 5.56 Å². The van der Waals surface area contributed by atoms with Gasteiger partial charge in [0.25, 0.3) is 10.0 Å². The van der Waals surface area contributed by atoms with Gasteiger partial charge in [-0.05, 0) is 30.3 Å². The zero-order valence-corrected chi connectivity index (χ0v) is 13.8. The summed E-state index contributed by atoms with van der Waals surface area (Å²) in [5, 5.41) is 0. The van der Waals surface area contributed by atoms with Gasteiger partial charge in [0, 0.05) is 6.07 Å². The summed E-state index contributed by atoms with van der Waals surface area (Å²) in [5.41, 5.74) is -1.86. The third-order valence-electron chi connectivity index (χ3n) is 3.14. The second kappa shape index (κ2) is 6.79. The molecule has 2 aromatic carbocycles. The Kier molecular flexibility index (Phi) is 5.12. The van der Waals surface area contributed by atoms with E-state index >= 15 is 0 Å². The van der Waals surface area contributed by atoms with Gasteiger partial charge in [0.2, 0.25) is 0 Å². The van der Waals surface area contributed by atoms with Gasteiger partial charge in [0.1, 0.15) is 5.82 Å². The molecule has 0 radical (unpaired) electrons. The summed E-state index contributed by atoms with van der Waals surface area (Å²) >= 11 is 0. The predicted octanol–water partition coefficient (Wildman–Crippen LogP) is 3.66. The van der Waals surface area contributed by atoms with Crippen LogP contribution in [-0.2, 0) is 16.2 Å². The summed E-state index contributed by atoms with van der Waals surface area (Å²) in [5.74, 6) is -0.841. The van der Waals surface area contributed by atoms with Crippen LogP contribution in [0.4, 0.5) is 23.2 Å². The van der Waals surface area contributed by atoms with E-state index in [4.69, 9.17) is 9.47 Å². The number of ether oxygens (including phenoxy) is 2. The van der Waals surface area contributed by atoms with Crippen molar-refractivity contribution in [1.29, 1.82) is 0 Å². The third kappa shape index (κ3) is 4.32. The molecule has 0 fully saturated rings. The zero-order valence-electron chi connectivity index (χ0n) is 13.0. The van der Waals surface area contributed by atoms with Crippen molar-refractivity contribution in [1.82, 2.24) is 0 Å². The molecule has 1 N–H and O–H groups in total. The van der Waals surface area contributed by atoms with Gasteiger partial charge in [-0.3, -0.25) is 4.72 Å². The number of anilines is 1. The molecule has 0 spiro atoms. The van der Waals surface area contributed by atoms with E-state index in [0.29, 0.717) is 12.1 Å². The molecule has 0 saturated heterocycles. The minimum atomic E-state index is -4.81. The highest BCUT2D eigenvalue weighted by molar-refractivity contribution is 7.92. The normalized spacial score (nSPS) is 11.9. The molecule has 25 heavy (non-hydrogen) atoms. The smallest absolute Gasteiger partial charge is 0.416 e. The van der Waals surface area contributed by atoms with E-state index in [1.54, 1.807) is 0 Å². The molecule has 10 heteroatoms. The summed E-state index contributed by atoms with van der Waals surface area (Å²) in [4.78, 5) is -0.289. The van der Waals surface area contributed by atoms with E-state index in [2.05, 4.69) is 0 Å². The number of alkyl halides is 3. The number of hydrogen-bond acceptors (Lipinski definition) is 4. The average Bonchev–Trinajstić information content (AvgIpc) is 2.52. The van der Waals surface area contributed by atoms with Crippen LogP contribution >= 0.6 is 0 Å². The van der Waals surface area contributed by atoms with Crippen molar-refractivity contribution in [3.63, 3.8) is 0 Å². The highest BCUT2D eigenvalue weighted by Crippen LogP contribution is 2.33. The Bertz CT molecular complexity index is 882. The lowest BCUT2D eigenvalue weighted by molar-refractivity contribution is -0.137. The van der Waals surface area contributed by atoms with Crippen LogP contribution in [0.25, 0.3) is 0 Å². The Labute approximate surface area is 141 Å². The summed E-state index contributed by atoms with van der Waals surface area (Å²) in [7, 11) is -1.62. The summed E-state index contributed by atoms with van der Waals surface area (Å²) in [6.07, 6.45) is -4.81. The molecular formula is C15H13F4NO4S. The lowest BCUT2D eigenvalue weighted by Gasteiger charge is -2.13. The first-order chi connectivity index (χ1) is 11.6. The van der Waals surface area contributed by atoms with Gasteiger partial charge in [0.15, 0.2) is 11.5 Å². The minimum absolute atomic E-state index is 0.112. The van der Waals surface area contributed by atoms with Crippen LogP contribution in [0.2, 0.25) is 0 Å². The fraction of sp³-hybridized carbons (Fsp3) is 0.200. The van der Waals surface area contributed by atoms with Crippen molar-refractivity contribution in [3.8, 4) is 11.5 Å². The molecule has 5 nitrogen and oxygen atoms in total. The highest BCUT2D eigenvalue weighted by atomic mass is 32.2. The Hall–Kier alpha value is -2.49. The van der Waals surface area contributed by atoms with E-state index in [-0.39, 0.29) is 22.5 Å². The van der Waals surface area contributed by atoms with E-state index in [1.165, 1.54) is 26.4 Å². The first kappa shape index (κ1) is 18.8. The van der Waals surface area contributed by atoms with Crippen LogP contribution in [0.5, 0.6) is 11.5 Å². The molecule has 0 aliphatic rings. The van der Waals surface area contributed by atoms with Crippen molar-refractivity contribution in [3.05, 3.63) is 47.8 Å². The maximum absolute atomic E-state index is 13.4. The van der Waals surface area contributed by atoms with Crippen LogP contribution in [0.15, 0.2) is 41.3 Å². The van der Waals surface area contributed by atoms with Gasteiger partial charge in [-0.15, -0.1) is 0 Å². The number of halogens is 4. The minimum Gasteiger partial charge on any atom is -0.493 e. The van der Waals surface area contributed by atoms with Crippen LogP contribution < -0.4 is 14.2 Å². The second-order valence-electron chi connectivity index (χ2n) is 4.85. The second-order valence-corrected chi connectivity index (χ2v) is 6.53. The molecule has 0 aliphatic carbocycles. The van der Waals surface area contributed by atoms with Gasteiger partial charge in [0.05, 0.1) is 30.4 Å². The SMILES string of the molecule is COc1ccc(S(=O)(=O)Nc2cc(F)cc(C(F)(F)F)c2)cc1OC. The molecule has 0 unspecified atom stereocenters. The van der Waals surface area contributed by atoms with Crippen LogP contribution in [0.3, 0.4) is 0 Å². The predicted molar refractivity (Wildman–Crippen MR) is 81.8 cm³/mol. The maximum Gasteiger partial charge on any atom is 0.416 e. The van der Waals surface area contributed by atoms with Crippen molar-refractivity contribution < 1.29 is 35.5 Å². The van der Waals surface area contributed by atoms with Crippen LogP contribution in [0, 0.1) is 5.82 Å². The lowest BCUT2D eigenvalue weighted by Crippen LogP contribution is -2.14. The fourth-order valence-electron chi connectivity index (χ4n) is 2.01. The van der Waals surface area contributed by atoms with Crippen molar-refractivity contribution >= 4 is 15.7 Å². The molecule has 0 aliphatic heterocycles. The Balaban J connectivity index is 2.41. The number of hydrogen-bond donors (Lipinski definition) is 1. The number of rotatable bonds is 5. The molecule has 136 valence electrons. The summed E-state index contributed by atoms with van der Waals surface area (Å²) in [6.45, 7) is 0. The van der Waals surface area contributed by atoms with Crippen molar-refractivity contribution in [2.75, 3.05) is 18.9 Å². The topological polar surface area (TPSA) is 64.6 Å². The summed E-state index contributed by atoms with van der Waals surface area (Å²) < 4.78 is 88.0. The van der Waals surface area contributed by atoms with E-state index in [0.717, 1.165) is 6.07 Å². The van der Waals surface area contributed by atoms with Gasteiger partial charge in [-0.2, -0.15) is 13.2 Å². The standard InChI is InChI=1S/C15H13F4NO4S/c1-23-13-4-3-12(8-14(13)24-2)25(21,22)20-11-6-9(15(17,18)19)5-10(16)7-11/h3-8,20H,1-2H3. The monoisotopic (exact) mass is 379 g/mol. The van der Waals surface area contributed by atoms with Gasteiger partial charge < -0.3 is 9.47 Å². The molecule has 0 amide bonds. The Morgan fingerprint density at radius 1 is 0.960 bits per heavy atom. The maximum atomic E-state index is 13.4.